The molecule has 0 atom stereocenters. The zero-order valence-electron chi connectivity index (χ0n) is 11.8. The Labute approximate surface area is 127 Å². The van der Waals surface area contributed by atoms with Crippen LogP contribution >= 0.6 is 0 Å². The van der Waals surface area contributed by atoms with Crippen molar-refractivity contribution in [1.29, 1.82) is 0 Å². The normalized spacial score (nSPS) is 10.6. The topological polar surface area (TPSA) is 92.0 Å². The lowest BCUT2D eigenvalue weighted by Gasteiger charge is -2.04. The molecule has 2 heterocycles. The van der Waals surface area contributed by atoms with E-state index in [0.29, 0.717) is 11.3 Å². The molecule has 0 aliphatic heterocycles. The lowest BCUT2D eigenvalue weighted by molar-refractivity contribution is 0.100. The summed E-state index contributed by atoms with van der Waals surface area (Å²) in [5.74, 6) is -0.499. The minimum absolute atomic E-state index is 0.0579. The Morgan fingerprint density at radius 3 is 2.59 bits per heavy atom. The van der Waals surface area contributed by atoms with Gasteiger partial charge < -0.3 is 15.8 Å². The van der Waals surface area contributed by atoms with Gasteiger partial charge in [0.2, 0.25) is 0 Å². The number of benzene rings is 1. The highest BCUT2D eigenvalue weighted by molar-refractivity contribution is 6.00. The molecular weight excluding hydrogens is 278 g/mol. The van der Waals surface area contributed by atoms with Crippen molar-refractivity contribution in [2.24, 2.45) is 5.73 Å². The molecule has 22 heavy (non-hydrogen) atoms. The molecule has 5 heteroatoms. The first-order chi connectivity index (χ1) is 10.7. The first-order valence-electron chi connectivity index (χ1n) is 6.82. The van der Waals surface area contributed by atoms with Crippen molar-refractivity contribution < 1.29 is 9.90 Å². The van der Waals surface area contributed by atoms with E-state index in [-0.39, 0.29) is 6.61 Å². The number of carbonyl (C=O) groups is 1. The van der Waals surface area contributed by atoms with Crippen molar-refractivity contribution in [1.82, 2.24) is 9.97 Å². The third-order valence-electron chi connectivity index (χ3n) is 3.47. The van der Waals surface area contributed by atoms with Gasteiger partial charge in [-0.3, -0.25) is 9.78 Å². The third-order valence-corrected chi connectivity index (χ3v) is 3.47. The lowest BCUT2D eigenvalue weighted by Crippen LogP contribution is -2.11. The molecule has 0 aliphatic rings. The van der Waals surface area contributed by atoms with Gasteiger partial charge in [-0.05, 0) is 35.4 Å². The summed E-state index contributed by atoms with van der Waals surface area (Å²) in [6, 6.07) is 12.8. The summed E-state index contributed by atoms with van der Waals surface area (Å²) in [4.78, 5) is 19.0. The van der Waals surface area contributed by atoms with Crippen LogP contribution in [0, 0.1) is 0 Å². The average molecular weight is 293 g/mol. The molecule has 0 saturated heterocycles. The van der Waals surface area contributed by atoms with E-state index < -0.39 is 5.91 Å². The lowest BCUT2D eigenvalue weighted by atomic mass is 10.0. The van der Waals surface area contributed by atoms with Crippen LogP contribution in [0.3, 0.4) is 0 Å². The maximum Gasteiger partial charge on any atom is 0.250 e. The van der Waals surface area contributed by atoms with Gasteiger partial charge in [-0.1, -0.05) is 18.2 Å². The Kier molecular flexibility index (Phi) is 3.72. The number of aliphatic hydroxyl groups is 1. The van der Waals surface area contributed by atoms with Crippen molar-refractivity contribution in [2.45, 2.75) is 6.61 Å². The summed E-state index contributed by atoms with van der Waals surface area (Å²) in [6.45, 7) is -0.0579. The predicted octanol–water partition coefficient (Wildman–Crippen LogP) is 2.33. The van der Waals surface area contributed by atoms with Crippen molar-refractivity contribution in [3.05, 3.63) is 66.0 Å². The second kappa shape index (κ2) is 5.83. The Hall–Kier alpha value is -2.92. The fourth-order valence-corrected chi connectivity index (χ4v) is 2.39. The van der Waals surface area contributed by atoms with Crippen LogP contribution in [0.15, 0.2) is 54.9 Å². The second-order valence-corrected chi connectivity index (χ2v) is 4.93. The van der Waals surface area contributed by atoms with E-state index >= 15 is 0 Å². The number of nitrogens with one attached hydrogen (secondary N) is 1. The number of nitrogens with two attached hydrogens (primary N) is 1. The van der Waals surface area contributed by atoms with E-state index in [4.69, 9.17) is 5.73 Å². The van der Waals surface area contributed by atoms with Gasteiger partial charge in [-0.2, -0.15) is 0 Å². The van der Waals surface area contributed by atoms with Gasteiger partial charge in [0.25, 0.3) is 5.91 Å². The number of H-pyrrole nitrogens is 1. The number of primary amides is 1. The van der Waals surface area contributed by atoms with Crippen LogP contribution in [0.25, 0.3) is 22.5 Å². The van der Waals surface area contributed by atoms with Gasteiger partial charge in [0.15, 0.2) is 0 Å². The third kappa shape index (κ3) is 2.62. The average Bonchev–Trinajstić information content (AvgIpc) is 3.01. The van der Waals surface area contributed by atoms with E-state index in [9.17, 15) is 9.90 Å². The molecule has 5 nitrogen and oxygen atoms in total. The van der Waals surface area contributed by atoms with Crippen LogP contribution in [0.4, 0.5) is 0 Å². The van der Waals surface area contributed by atoms with Gasteiger partial charge in [0.1, 0.15) is 0 Å². The van der Waals surface area contributed by atoms with E-state index in [1.807, 2.05) is 36.4 Å². The molecule has 0 fully saturated rings. The number of pyridine rings is 1. The number of rotatable bonds is 4. The first kappa shape index (κ1) is 14.0. The molecule has 0 spiro atoms. The summed E-state index contributed by atoms with van der Waals surface area (Å²) in [6.07, 6.45) is 3.37. The smallest absolute Gasteiger partial charge is 0.250 e. The fourth-order valence-electron chi connectivity index (χ4n) is 2.39. The number of hydrogen-bond donors (Lipinski definition) is 3. The fraction of sp³-hybridized carbons (Fsp3) is 0.0588. The number of aromatic nitrogens is 2. The van der Waals surface area contributed by atoms with Gasteiger partial charge in [0.05, 0.1) is 17.9 Å². The quantitative estimate of drug-likeness (QED) is 0.689. The summed E-state index contributed by atoms with van der Waals surface area (Å²) in [5, 5.41) is 9.26. The van der Waals surface area contributed by atoms with Crippen LogP contribution in [-0.4, -0.2) is 21.0 Å². The number of nitrogens with zero attached hydrogens (tertiary/aromatic N) is 1. The van der Waals surface area contributed by atoms with E-state index in [0.717, 1.165) is 22.4 Å². The number of aliphatic hydroxyl groups excluding tert-OH is 1. The van der Waals surface area contributed by atoms with E-state index in [2.05, 4.69) is 9.97 Å². The Morgan fingerprint density at radius 2 is 1.91 bits per heavy atom. The van der Waals surface area contributed by atoms with Crippen LogP contribution in [0.1, 0.15) is 15.9 Å². The molecule has 0 radical (unpaired) electrons. The van der Waals surface area contributed by atoms with Gasteiger partial charge >= 0.3 is 0 Å². The van der Waals surface area contributed by atoms with Crippen molar-refractivity contribution >= 4 is 5.91 Å². The number of hydrogen-bond acceptors (Lipinski definition) is 3. The zero-order chi connectivity index (χ0) is 15.5. The first-order valence-corrected chi connectivity index (χ1v) is 6.82. The molecule has 0 saturated carbocycles. The largest absolute Gasteiger partial charge is 0.392 e. The molecule has 0 aliphatic carbocycles. The molecule has 2 aromatic heterocycles. The SMILES string of the molecule is NC(=O)c1cc(-c2ccncc2)[nH]c1-c1cccc(CO)c1. The Balaban J connectivity index is 2.14. The van der Waals surface area contributed by atoms with Crippen molar-refractivity contribution in [2.75, 3.05) is 0 Å². The molecule has 4 N–H and O–H groups in total. The molecule has 110 valence electrons. The highest BCUT2D eigenvalue weighted by atomic mass is 16.3. The molecule has 1 aromatic carbocycles. The van der Waals surface area contributed by atoms with Crippen LogP contribution in [0.5, 0.6) is 0 Å². The molecule has 3 aromatic rings. The number of aromatic amines is 1. The van der Waals surface area contributed by atoms with Gasteiger partial charge in [-0.15, -0.1) is 0 Å². The van der Waals surface area contributed by atoms with Crippen molar-refractivity contribution in [3.8, 4) is 22.5 Å². The van der Waals surface area contributed by atoms with E-state index in [1.165, 1.54) is 0 Å². The van der Waals surface area contributed by atoms with Crippen LogP contribution in [0.2, 0.25) is 0 Å². The van der Waals surface area contributed by atoms with Crippen molar-refractivity contribution in [3.63, 3.8) is 0 Å². The monoisotopic (exact) mass is 293 g/mol. The predicted molar refractivity (Wildman–Crippen MR) is 83.9 cm³/mol. The number of carbonyl (C=O) groups excluding carboxylic acids is 1. The summed E-state index contributed by atoms with van der Waals surface area (Å²) in [7, 11) is 0. The van der Waals surface area contributed by atoms with Gasteiger partial charge in [-0.25, -0.2) is 0 Å². The molecule has 0 unspecified atom stereocenters. The summed E-state index contributed by atoms with van der Waals surface area (Å²) in [5.41, 5.74) is 9.85. The molecule has 3 rings (SSSR count). The minimum atomic E-state index is -0.499. The molecular formula is C17H15N3O2. The minimum Gasteiger partial charge on any atom is -0.392 e. The highest BCUT2D eigenvalue weighted by Crippen LogP contribution is 2.29. The van der Waals surface area contributed by atoms with Crippen LogP contribution < -0.4 is 5.73 Å². The summed E-state index contributed by atoms with van der Waals surface area (Å²) >= 11 is 0. The van der Waals surface area contributed by atoms with Gasteiger partial charge in [0, 0.05) is 23.7 Å². The molecule has 0 bridgehead atoms. The Morgan fingerprint density at radius 1 is 1.14 bits per heavy atom. The number of amides is 1. The zero-order valence-corrected chi connectivity index (χ0v) is 11.8. The maximum absolute atomic E-state index is 11.7. The Bertz CT molecular complexity index is 810. The van der Waals surface area contributed by atoms with Crippen LogP contribution in [-0.2, 0) is 6.61 Å². The second-order valence-electron chi connectivity index (χ2n) is 4.93. The molecule has 1 amide bonds. The standard InChI is InChI=1S/C17H15N3O2/c18-17(22)14-9-15(12-4-6-19-7-5-12)20-16(14)13-3-1-2-11(8-13)10-21/h1-9,20-21H,10H2,(H2,18,22). The highest BCUT2D eigenvalue weighted by Gasteiger charge is 2.15. The summed E-state index contributed by atoms with van der Waals surface area (Å²) < 4.78 is 0. The maximum atomic E-state index is 11.7. The van der Waals surface area contributed by atoms with E-state index in [1.54, 1.807) is 18.5 Å².